The zero-order valence-electron chi connectivity index (χ0n) is 17.2. The van der Waals surface area contributed by atoms with Gasteiger partial charge in [-0.1, -0.05) is 101 Å². The number of hydrogen-bond acceptors (Lipinski definition) is 1. The van der Waals surface area contributed by atoms with Gasteiger partial charge < -0.3 is 0 Å². The predicted molar refractivity (Wildman–Crippen MR) is 137 cm³/mol. The van der Waals surface area contributed by atoms with Crippen LogP contribution in [-0.4, -0.2) is 9.78 Å². The van der Waals surface area contributed by atoms with Gasteiger partial charge in [-0.25, -0.2) is 4.68 Å². The molecule has 0 unspecified atom stereocenters. The summed E-state index contributed by atoms with van der Waals surface area (Å²) in [6, 6.07) is 40.3. The summed E-state index contributed by atoms with van der Waals surface area (Å²) in [6.07, 6.45) is 0. The Morgan fingerprint density at radius 3 is 2.03 bits per heavy atom. The summed E-state index contributed by atoms with van der Waals surface area (Å²) in [5.74, 6) is 0. The molecule has 0 fully saturated rings. The van der Waals surface area contributed by atoms with Crippen molar-refractivity contribution in [1.82, 2.24) is 9.78 Å². The Labute approximate surface area is 194 Å². The van der Waals surface area contributed by atoms with Gasteiger partial charge in [0.25, 0.3) is 0 Å². The molecule has 0 N–H and O–H groups in total. The molecule has 1 aromatic heterocycles. The summed E-state index contributed by atoms with van der Waals surface area (Å²) >= 11 is 3.57. The Kier molecular flexibility index (Phi) is 4.62. The van der Waals surface area contributed by atoms with E-state index in [0.717, 1.165) is 26.9 Å². The summed E-state index contributed by atoms with van der Waals surface area (Å²) < 4.78 is 3.16. The fourth-order valence-corrected chi connectivity index (χ4v) is 4.66. The quantitative estimate of drug-likeness (QED) is 0.252. The van der Waals surface area contributed by atoms with Crippen molar-refractivity contribution in [3.63, 3.8) is 0 Å². The van der Waals surface area contributed by atoms with E-state index >= 15 is 0 Å². The molecule has 0 aliphatic heterocycles. The average molecular weight is 475 g/mol. The van der Waals surface area contributed by atoms with Crippen LogP contribution in [0.4, 0.5) is 0 Å². The minimum absolute atomic E-state index is 0.987. The second kappa shape index (κ2) is 7.77. The highest BCUT2D eigenvalue weighted by Crippen LogP contribution is 2.41. The summed E-state index contributed by atoms with van der Waals surface area (Å²) in [5, 5.41) is 8.77. The van der Waals surface area contributed by atoms with E-state index in [2.05, 4.69) is 130 Å². The highest BCUT2D eigenvalue weighted by Gasteiger charge is 2.20. The van der Waals surface area contributed by atoms with Gasteiger partial charge in [0.1, 0.15) is 5.69 Å². The molecule has 6 aromatic rings. The smallest absolute Gasteiger partial charge is 0.101 e. The van der Waals surface area contributed by atoms with Crippen LogP contribution in [-0.2, 0) is 0 Å². The first-order chi connectivity index (χ1) is 15.8. The number of rotatable bonds is 3. The number of aromatic nitrogens is 2. The monoisotopic (exact) mass is 474 g/mol. The van der Waals surface area contributed by atoms with Crippen LogP contribution < -0.4 is 0 Å². The van der Waals surface area contributed by atoms with Gasteiger partial charge in [-0.15, -0.1) is 0 Å². The molecule has 0 aliphatic carbocycles. The van der Waals surface area contributed by atoms with E-state index in [-0.39, 0.29) is 0 Å². The van der Waals surface area contributed by atoms with Crippen molar-refractivity contribution in [3.05, 3.63) is 120 Å². The van der Waals surface area contributed by atoms with Crippen molar-refractivity contribution in [2.75, 3.05) is 0 Å². The van der Waals surface area contributed by atoms with Crippen LogP contribution in [0, 0.1) is 0 Å². The zero-order chi connectivity index (χ0) is 21.5. The molecule has 0 saturated heterocycles. The van der Waals surface area contributed by atoms with Crippen LogP contribution >= 0.6 is 15.9 Å². The SMILES string of the molecule is Brc1ccc(-c2nn(-c3ccccc3)c3c2c(-c2ccccc2)cc2ccccc23)cc1. The molecule has 0 radical (unpaired) electrons. The number of hydrogen-bond donors (Lipinski definition) is 0. The van der Waals surface area contributed by atoms with Crippen LogP contribution in [0.2, 0.25) is 0 Å². The Hall–Kier alpha value is -3.69. The van der Waals surface area contributed by atoms with E-state index in [0.29, 0.717) is 0 Å². The predicted octanol–water partition coefficient (Wildman–Crippen LogP) is 8.28. The maximum Gasteiger partial charge on any atom is 0.101 e. The van der Waals surface area contributed by atoms with Crippen LogP contribution in [0.1, 0.15) is 0 Å². The van der Waals surface area contributed by atoms with E-state index in [1.165, 1.54) is 27.3 Å². The number of benzene rings is 5. The molecular formula is C29H19BrN2. The van der Waals surface area contributed by atoms with Crippen LogP contribution in [0.25, 0.3) is 49.7 Å². The van der Waals surface area contributed by atoms with E-state index < -0.39 is 0 Å². The lowest BCUT2D eigenvalue weighted by Crippen LogP contribution is -1.96. The number of para-hydroxylation sites is 1. The van der Waals surface area contributed by atoms with Gasteiger partial charge in [-0.2, -0.15) is 5.10 Å². The number of nitrogens with zero attached hydrogens (tertiary/aromatic N) is 2. The summed E-state index contributed by atoms with van der Waals surface area (Å²) in [6.45, 7) is 0. The van der Waals surface area contributed by atoms with E-state index in [1.54, 1.807) is 0 Å². The van der Waals surface area contributed by atoms with E-state index in [1.807, 2.05) is 6.07 Å². The van der Waals surface area contributed by atoms with Crippen molar-refractivity contribution in [3.8, 4) is 28.1 Å². The normalized spacial score (nSPS) is 11.3. The minimum atomic E-state index is 0.987. The van der Waals surface area contributed by atoms with E-state index in [4.69, 9.17) is 5.10 Å². The zero-order valence-corrected chi connectivity index (χ0v) is 18.8. The summed E-state index contributed by atoms with van der Waals surface area (Å²) in [7, 11) is 0. The molecule has 0 spiro atoms. The Morgan fingerprint density at radius 1 is 0.625 bits per heavy atom. The van der Waals surface area contributed by atoms with Crippen molar-refractivity contribution in [2.45, 2.75) is 0 Å². The van der Waals surface area contributed by atoms with Gasteiger partial charge in [0.2, 0.25) is 0 Å². The Morgan fingerprint density at radius 2 is 1.28 bits per heavy atom. The second-order valence-corrected chi connectivity index (χ2v) is 8.75. The highest BCUT2D eigenvalue weighted by molar-refractivity contribution is 9.10. The molecule has 0 aliphatic rings. The summed E-state index contributed by atoms with van der Waals surface area (Å²) in [5.41, 5.74) is 6.65. The van der Waals surface area contributed by atoms with Gasteiger partial charge in [-0.05, 0) is 46.8 Å². The van der Waals surface area contributed by atoms with Crippen molar-refractivity contribution < 1.29 is 0 Å². The molecule has 2 nitrogen and oxygen atoms in total. The van der Waals surface area contributed by atoms with Gasteiger partial charge in [0.05, 0.1) is 11.2 Å². The molecule has 5 aromatic carbocycles. The maximum absolute atomic E-state index is 5.20. The first-order valence-electron chi connectivity index (χ1n) is 10.6. The topological polar surface area (TPSA) is 17.8 Å². The van der Waals surface area contributed by atoms with Crippen LogP contribution in [0.3, 0.4) is 0 Å². The standard InChI is InChI=1S/C29H19BrN2/c30-23-17-15-21(16-18-23)28-27-26(20-9-3-1-4-10-20)19-22-11-7-8-14-25(22)29(27)32(31-28)24-12-5-2-6-13-24/h1-19H. The molecule has 152 valence electrons. The fraction of sp³-hybridized carbons (Fsp3) is 0. The minimum Gasteiger partial charge on any atom is -0.232 e. The molecule has 0 saturated carbocycles. The van der Waals surface area contributed by atoms with Gasteiger partial charge in [-0.3, -0.25) is 0 Å². The lowest BCUT2D eigenvalue weighted by Gasteiger charge is -2.11. The third-order valence-electron chi connectivity index (χ3n) is 5.87. The molecule has 0 bridgehead atoms. The molecule has 32 heavy (non-hydrogen) atoms. The van der Waals surface area contributed by atoms with Crippen molar-refractivity contribution >= 4 is 37.6 Å². The summed E-state index contributed by atoms with van der Waals surface area (Å²) in [4.78, 5) is 0. The molecule has 6 rings (SSSR count). The molecule has 0 amide bonds. The average Bonchev–Trinajstić information content (AvgIpc) is 3.26. The third kappa shape index (κ3) is 3.14. The first kappa shape index (κ1) is 19.0. The maximum atomic E-state index is 5.20. The number of fused-ring (bicyclic) bond motifs is 3. The van der Waals surface area contributed by atoms with Gasteiger partial charge >= 0.3 is 0 Å². The fourth-order valence-electron chi connectivity index (χ4n) is 4.40. The first-order valence-corrected chi connectivity index (χ1v) is 11.4. The van der Waals surface area contributed by atoms with Crippen LogP contribution in [0.5, 0.6) is 0 Å². The Balaban J connectivity index is 1.82. The van der Waals surface area contributed by atoms with Crippen molar-refractivity contribution in [2.24, 2.45) is 0 Å². The van der Waals surface area contributed by atoms with E-state index in [9.17, 15) is 0 Å². The highest BCUT2D eigenvalue weighted by atomic mass is 79.9. The molecule has 1 heterocycles. The molecule has 0 atom stereocenters. The lowest BCUT2D eigenvalue weighted by molar-refractivity contribution is 0.918. The van der Waals surface area contributed by atoms with Gasteiger partial charge in [0, 0.05) is 20.8 Å². The third-order valence-corrected chi connectivity index (χ3v) is 6.40. The van der Waals surface area contributed by atoms with Gasteiger partial charge in [0.15, 0.2) is 0 Å². The molecule has 3 heteroatoms. The van der Waals surface area contributed by atoms with Crippen molar-refractivity contribution in [1.29, 1.82) is 0 Å². The lowest BCUT2D eigenvalue weighted by atomic mass is 9.94. The largest absolute Gasteiger partial charge is 0.232 e. The second-order valence-electron chi connectivity index (χ2n) is 7.84. The number of halogens is 1. The Bertz CT molecular complexity index is 1550. The van der Waals surface area contributed by atoms with Crippen LogP contribution in [0.15, 0.2) is 120 Å². The molecular weight excluding hydrogens is 456 g/mol.